The highest BCUT2D eigenvalue weighted by Crippen LogP contribution is 2.56. The van der Waals surface area contributed by atoms with Gasteiger partial charge in [-0.05, 0) is 68.8 Å². The van der Waals surface area contributed by atoms with Crippen molar-refractivity contribution in [3.63, 3.8) is 0 Å². The van der Waals surface area contributed by atoms with Crippen LogP contribution in [0.25, 0.3) is 22.9 Å². The lowest BCUT2D eigenvalue weighted by molar-refractivity contribution is 0.102. The molecule has 2 aliphatic carbocycles. The molecule has 4 unspecified atom stereocenters. The third-order valence-electron chi connectivity index (χ3n) is 6.69. The molecule has 0 saturated carbocycles. The molecule has 28 heavy (non-hydrogen) atoms. The predicted octanol–water partition coefficient (Wildman–Crippen LogP) is 5.87. The number of hydrogen-bond acceptors (Lipinski definition) is 2. The quantitative estimate of drug-likeness (QED) is 0.594. The summed E-state index contributed by atoms with van der Waals surface area (Å²) in [6.07, 6.45) is 3.93. The van der Waals surface area contributed by atoms with Crippen LogP contribution >= 0.6 is 0 Å². The molecule has 2 heteroatoms. The maximum Gasteiger partial charge on any atom is 0.0804 e. The van der Waals surface area contributed by atoms with Crippen LogP contribution in [0.5, 0.6) is 0 Å². The summed E-state index contributed by atoms with van der Waals surface area (Å²) < 4.78 is 0. The number of fused-ring (bicyclic) bond motifs is 7. The van der Waals surface area contributed by atoms with Crippen LogP contribution in [0.3, 0.4) is 0 Å². The third-order valence-corrected chi connectivity index (χ3v) is 6.69. The second-order valence-electron chi connectivity index (χ2n) is 7.99. The van der Waals surface area contributed by atoms with Crippen molar-refractivity contribution in [3.05, 3.63) is 95.1 Å². The summed E-state index contributed by atoms with van der Waals surface area (Å²) in [6.45, 7) is 7.86. The molecule has 0 heterocycles. The standard InChI is InChI=1S/C26H24O2/c1-3-15-9-11-19-21-14-24(28)26-18-8-6-5-7-16(18)10-12-20(26)22(21)13-23(27)25(19)17(15)4-2/h3-12,21-24,27-28H,1-2,13-14H2. The Bertz CT molecular complexity index is 1110. The Hall–Kier alpha value is -2.68. The summed E-state index contributed by atoms with van der Waals surface area (Å²) in [5.41, 5.74) is 6.29. The lowest BCUT2D eigenvalue weighted by atomic mass is 9.63. The van der Waals surface area contributed by atoms with Crippen molar-refractivity contribution in [1.82, 2.24) is 0 Å². The van der Waals surface area contributed by atoms with Crippen LogP contribution in [0.4, 0.5) is 0 Å². The molecule has 0 saturated heterocycles. The molecular weight excluding hydrogens is 344 g/mol. The van der Waals surface area contributed by atoms with Gasteiger partial charge < -0.3 is 10.2 Å². The van der Waals surface area contributed by atoms with E-state index in [4.69, 9.17) is 0 Å². The number of aliphatic hydroxyl groups excluding tert-OH is 2. The molecule has 2 N–H and O–H groups in total. The van der Waals surface area contributed by atoms with Crippen LogP contribution in [0.1, 0.15) is 70.3 Å². The lowest BCUT2D eigenvalue weighted by Crippen LogP contribution is -2.29. The fraction of sp³-hybridized carbons (Fsp3) is 0.231. The van der Waals surface area contributed by atoms with E-state index in [1.807, 2.05) is 24.3 Å². The molecule has 2 aliphatic rings. The first kappa shape index (κ1) is 17.4. The normalized spacial score (nSPS) is 25.5. The van der Waals surface area contributed by atoms with E-state index in [1.54, 1.807) is 0 Å². The highest BCUT2D eigenvalue weighted by molar-refractivity contribution is 5.87. The Labute approximate surface area is 165 Å². The minimum absolute atomic E-state index is 0.194. The smallest absolute Gasteiger partial charge is 0.0804 e. The minimum atomic E-state index is -0.543. The molecule has 3 aromatic rings. The zero-order valence-electron chi connectivity index (χ0n) is 15.8. The SMILES string of the molecule is C=Cc1ccc2c(c1C=C)C(O)CC1c3ccc4ccccc4c3C(O)CC21. The van der Waals surface area contributed by atoms with Gasteiger partial charge in [0.1, 0.15) is 0 Å². The predicted molar refractivity (Wildman–Crippen MR) is 115 cm³/mol. The first-order valence-electron chi connectivity index (χ1n) is 9.93. The molecular formula is C26H24O2. The van der Waals surface area contributed by atoms with Crippen LogP contribution in [0.2, 0.25) is 0 Å². The molecule has 0 amide bonds. The van der Waals surface area contributed by atoms with E-state index in [-0.39, 0.29) is 11.8 Å². The van der Waals surface area contributed by atoms with E-state index in [0.717, 1.165) is 38.6 Å². The second-order valence-corrected chi connectivity index (χ2v) is 7.99. The third kappa shape index (κ3) is 2.35. The van der Waals surface area contributed by atoms with E-state index in [9.17, 15) is 10.2 Å². The molecule has 0 spiro atoms. The van der Waals surface area contributed by atoms with Crippen LogP contribution < -0.4 is 0 Å². The van der Waals surface area contributed by atoms with Crippen molar-refractivity contribution in [1.29, 1.82) is 0 Å². The largest absolute Gasteiger partial charge is 0.388 e. The van der Waals surface area contributed by atoms with Crippen molar-refractivity contribution >= 4 is 22.9 Å². The van der Waals surface area contributed by atoms with E-state index < -0.39 is 12.2 Å². The number of hydrogen-bond donors (Lipinski definition) is 2. The van der Waals surface area contributed by atoms with Gasteiger partial charge in [-0.2, -0.15) is 0 Å². The minimum Gasteiger partial charge on any atom is -0.388 e. The van der Waals surface area contributed by atoms with Crippen molar-refractivity contribution in [3.8, 4) is 0 Å². The highest BCUT2D eigenvalue weighted by atomic mass is 16.3. The summed E-state index contributed by atoms with van der Waals surface area (Å²) in [7, 11) is 0. The Balaban J connectivity index is 1.72. The number of aliphatic hydroxyl groups is 2. The first-order valence-corrected chi connectivity index (χ1v) is 9.93. The van der Waals surface area contributed by atoms with Gasteiger partial charge in [0, 0.05) is 0 Å². The van der Waals surface area contributed by atoms with Gasteiger partial charge in [-0.15, -0.1) is 0 Å². The van der Waals surface area contributed by atoms with Gasteiger partial charge in [-0.3, -0.25) is 0 Å². The summed E-state index contributed by atoms with van der Waals surface area (Å²) >= 11 is 0. The zero-order valence-corrected chi connectivity index (χ0v) is 15.8. The van der Waals surface area contributed by atoms with Gasteiger partial charge >= 0.3 is 0 Å². The number of benzene rings is 3. The molecule has 3 aromatic carbocycles. The average molecular weight is 368 g/mol. The van der Waals surface area contributed by atoms with Gasteiger partial charge in [0.15, 0.2) is 0 Å². The highest BCUT2D eigenvalue weighted by Gasteiger charge is 2.42. The van der Waals surface area contributed by atoms with Crippen LogP contribution in [0, 0.1) is 0 Å². The fourth-order valence-electron chi connectivity index (χ4n) is 5.51. The second kappa shape index (κ2) is 6.44. The maximum absolute atomic E-state index is 11.1. The van der Waals surface area contributed by atoms with Gasteiger partial charge in [0.05, 0.1) is 12.2 Å². The molecule has 2 nitrogen and oxygen atoms in total. The van der Waals surface area contributed by atoms with Crippen LogP contribution in [-0.4, -0.2) is 10.2 Å². The molecule has 0 fully saturated rings. The molecule has 5 rings (SSSR count). The molecule has 0 bridgehead atoms. The van der Waals surface area contributed by atoms with Crippen molar-refractivity contribution < 1.29 is 10.2 Å². The van der Waals surface area contributed by atoms with Crippen LogP contribution in [0.15, 0.2) is 61.7 Å². The molecule has 0 aromatic heterocycles. The van der Waals surface area contributed by atoms with E-state index in [1.165, 1.54) is 5.56 Å². The fourth-order valence-corrected chi connectivity index (χ4v) is 5.51. The van der Waals surface area contributed by atoms with Crippen molar-refractivity contribution in [2.75, 3.05) is 0 Å². The average Bonchev–Trinajstić information content (AvgIpc) is 2.73. The summed E-state index contributed by atoms with van der Waals surface area (Å²) in [6, 6.07) is 16.7. The van der Waals surface area contributed by atoms with Crippen LogP contribution in [-0.2, 0) is 0 Å². The van der Waals surface area contributed by atoms with Gasteiger partial charge in [-0.25, -0.2) is 0 Å². The lowest BCUT2D eigenvalue weighted by Gasteiger charge is -2.43. The van der Waals surface area contributed by atoms with E-state index in [2.05, 4.69) is 49.6 Å². The maximum atomic E-state index is 11.1. The summed E-state index contributed by atoms with van der Waals surface area (Å²) in [5, 5.41) is 24.5. The Morgan fingerprint density at radius 2 is 1.39 bits per heavy atom. The monoisotopic (exact) mass is 368 g/mol. The van der Waals surface area contributed by atoms with Crippen molar-refractivity contribution in [2.45, 2.75) is 36.9 Å². The topological polar surface area (TPSA) is 40.5 Å². The summed E-state index contributed by atoms with van der Waals surface area (Å²) in [5.74, 6) is 0.400. The Morgan fingerprint density at radius 1 is 0.750 bits per heavy atom. The van der Waals surface area contributed by atoms with Crippen molar-refractivity contribution in [2.24, 2.45) is 0 Å². The van der Waals surface area contributed by atoms with E-state index >= 15 is 0 Å². The Kier molecular flexibility index (Phi) is 4.01. The zero-order chi connectivity index (χ0) is 19.4. The molecule has 0 radical (unpaired) electrons. The van der Waals surface area contributed by atoms with Gasteiger partial charge in [-0.1, -0.05) is 73.8 Å². The number of rotatable bonds is 2. The van der Waals surface area contributed by atoms with Gasteiger partial charge in [0.2, 0.25) is 0 Å². The van der Waals surface area contributed by atoms with E-state index in [0.29, 0.717) is 12.8 Å². The molecule has 4 atom stereocenters. The summed E-state index contributed by atoms with van der Waals surface area (Å²) in [4.78, 5) is 0. The molecule has 140 valence electrons. The van der Waals surface area contributed by atoms with Gasteiger partial charge in [0.25, 0.3) is 0 Å². The first-order chi connectivity index (χ1) is 13.6. The molecule has 0 aliphatic heterocycles. The Morgan fingerprint density at radius 3 is 2.11 bits per heavy atom.